The quantitative estimate of drug-likeness (QED) is 0.246. The predicted molar refractivity (Wildman–Crippen MR) is 167 cm³/mol. The standard InChI is InChI=1S/C11H18O.C8H3F3N.C8H16O.C7H14.C2H6.K/c1-8-6-10-4-3-5-11(10,7-8)9(2)12;9-8(10,11)7-3-1-2-6(4-7)5-12;1-7-5-3-4-6-8(7)9-2;1-4-5-6-7(2)3;1-2;/h8,10H,3-7H2,1-2H3;2-4H;7-8H,3-6H2,1-2H3;5,7H,2,4,6H2,1,3H3;1-2H3;/q;-1;;-2;;+1. The van der Waals surface area contributed by atoms with E-state index >= 15 is 0 Å². The maximum absolute atomic E-state index is 12.0. The SMILES string of the molecule is CC.CC(=O)C12CCCC1CC(C)C2.COC1CCCCC1C.N#Cc1c[c-]cc(C(F)(F)F)c1.[CH2-]C(C)C[CH-]CC.[K+]. The average Bonchev–Trinajstić information content (AvgIpc) is 3.51. The third kappa shape index (κ3) is 16.8. The number of fused-ring (bicyclic) bond motifs is 1. The molecule has 0 aliphatic heterocycles. The van der Waals surface area contributed by atoms with Crippen LogP contribution in [-0.4, -0.2) is 19.0 Å². The van der Waals surface area contributed by atoms with E-state index in [2.05, 4.69) is 47.1 Å². The van der Waals surface area contributed by atoms with E-state index in [1.165, 1.54) is 70.3 Å². The van der Waals surface area contributed by atoms with Crippen molar-refractivity contribution in [2.45, 2.75) is 131 Å². The van der Waals surface area contributed by atoms with Crippen LogP contribution in [0.3, 0.4) is 0 Å². The molecule has 7 heteroatoms. The van der Waals surface area contributed by atoms with Gasteiger partial charge in [0.15, 0.2) is 0 Å². The Morgan fingerprint density at radius 2 is 1.84 bits per heavy atom. The van der Waals surface area contributed by atoms with Crippen LogP contribution in [0.1, 0.15) is 130 Å². The minimum absolute atomic E-state index is 0. The number of benzene rings is 1. The fourth-order valence-corrected chi connectivity index (χ4v) is 6.34. The molecule has 0 heterocycles. The second-order valence-electron chi connectivity index (χ2n) is 12.0. The van der Waals surface area contributed by atoms with Crippen molar-refractivity contribution in [3.8, 4) is 6.07 Å². The maximum Gasteiger partial charge on any atom is 1.00 e. The molecule has 0 aromatic heterocycles. The number of halogens is 3. The van der Waals surface area contributed by atoms with Crippen molar-refractivity contribution >= 4 is 5.78 Å². The number of methoxy groups -OCH3 is 1. The monoisotopic (exact) mass is 631 g/mol. The van der Waals surface area contributed by atoms with E-state index in [1.807, 2.05) is 21.0 Å². The van der Waals surface area contributed by atoms with Crippen LogP contribution in [0, 0.1) is 59.8 Å². The molecule has 43 heavy (non-hydrogen) atoms. The zero-order valence-corrected chi connectivity index (χ0v) is 31.7. The minimum Gasteiger partial charge on any atom is -0.381 e. The van der Waals surface area contributed by atoms with Crippen molar-refractivity contribution in [1.29, 1.82) is 5.26 Å². The molecule has 3 aliphatic rings. The summed E-state index contributed by atoms with van der Waals surface area (Å²) in [5, 5.41) is 8.29. The summed E-state index contributed by atoms with van der Waals surface area (Å²) in [6.07, 6.45) is 12.4. The summed E-state index contributed by atoms with van der Waals surface area (Å²) in [5.41, 5.74) is -0.745. The van der Waals surface area contributed by atoms with Crippen LogP contribution in [-0.2, 0) is 15.7 Å². The first-order valence-corrected chi connectivity index (χ1v) is 16.0. The van der Waals surface area contributed by atoms with E-state index in [4.69, 9.17) is 10.00 Å². The van der Waals surface area contributed by atoms with Crippen molar-refractivity contribution in [2.75, 3.05) is 7.11 Å². The van der Waals surface area contributed by atoms with Crippen LogP contribution in [0.2, 0.25) is 0 Å². The molecule has 1 aromatic carbocycles. The van der Waals surface area contributed by atoms with Crippen LogP contribution >= 0.6 is 0 Å². The molecule has 0 bridgehead atoms. The number of alkyl halides is 3. The smallest absolute Gasteiger partial charge is 0.381 e. The van der Waals surface area contributed by atoms with Crippen molar-refractivity contribution in [1.82, 2.24) is 0 Å². The van der Waals surface area contributed by atoms with Crippen LogP contribution < -0.4 is 51.4 Å². The molecule has 0 amide bonds. The van der Waals surface area contributed by atoms with Crippen LogP contribution in [0.4, 0.5) is 13.2 Å². The number of nitrogens with zero attached hydrogens (tertiary/aromatic N) is 1. The Morgan fingerprint density at radius 1 is 1.21 bits per heavy atom. The van der Waals surface area contributed by atoms with E-state index < -0.39 is 11.7 Å². The molecule has 0 radical (unpaired) electrons. The molecule has 3 saturated carbocycles. The molecular formula is C36H57F3KNO2-2. The summed E-state index contributed by atoms with van der Waals surface area (Å²) >= 11 is 0. The van der Waals surface area contributed by atoms with Crippen LogP contribution in [0.15, 0.2) is 18.2 Å². The molecular weight excluding hydrogens is 574 g/mol. The van der Waals surface area contributed by atoms with Gasteiger partial charge in [0.1, 0.15) is 5.78 Å². The van der Waals surface area contributed by atoms with Gasteiger partial charge in [-0.05, 0) is 63.2 Å². The van der Waals surface area contributed by atoms with E-state index in [0.29, 0.717) is 17.8 Å². The summed E-state index contributed by atoms with van der Waals surface area (Å²) < 4.78 is 41.2. The Morgan fingerprint density at radius 3 is 2.26 bits per heavy atom. The third-order valence-electron chi connectivity index (χ3n) is 8.50. The predicted octanol–water partition coefficient (Wildman–Crippen LogP) is 7.87. The van der Waals surface area contributed by atoms with Crippen molar-refractivity contribution in [3.63, 3.8) is 0 Å². The van der Waals surface area contributed by atoms with Crippen LogP contribution in [0.25, 0.3) is 0 Å². The second-order valence-corrected chi connectivity index (χ2v) is 12.0. The van der Waals surface area contributed by atoms with Gasteiger partial charge in [0.05, 0.1) is 6.10 Å². The van der Waals surface area contributed by atoms with Crippen molar-refractivity contribution in [2.24, 2.45) is 29.1 Å². The molecule has 0 saturated heterocycles. The Balaban J connectivity index is 0. The summed E-state index contributed by atoms with van der Waals surface area (Å²) in [4.78, 5) is 11.6. The van der Waals surface area contributed by atoms with Crippen molar-refractivity contribution in [3.05, 3.63) is 48.7 Å². The first-order chi connectivity index (χ1) is 19.8. The molecule has 6 unspecified atom stereocenters. The van der Waals surface area contributed by atoms with Gasteiger partial charge < -0.3 is 18.1 Å². The maximum atomic E-state index is 12.0. The van der Waals surface area contributed by atoms with Gasteiger partial charge >= 0.3 is 57.6 Å². The van der Waals surface area contributed by atoms with Gasteiger partial charge in [0.25, 0.3) is 0 Å². The number of carbonyl (C=O) groups excluding carboxylic acids is 1. The molecule has 0 spiro atoms. The van der Waals surface area contributed by atoms with E-state index in [9.17, 15) is 18.0 Å². The number of ether oxygens (including phenoxy) is 1. The Labute approximate surface area is 304 Å². The van der Waals surface area contributed by atoms with Gasteiger partial charge in [0, 0.05) is 18.6 Å². The van der Waals surface area contributed by atoms with Gasteiger partial charge in [0.2, 0.25) is 0 Å². The molecule has 3 aliphatic carbocycles. The van der Waals surface area contributed by atoms with E-state index in [-0.39, 0.29) is 62.4 Å². The number of nitriles is 1. The van der Waals surface area contributed by atoms with Gasteiger partial charge in [-0.1, -0.05) is 71.9 Å². The molecule has 242 valence electrons. The van der Waals surface area contributed by atoms with E-state index in [1.54, 1.807) is 13.0 Å². The number of hydrogen-bond acceptors (Lipinski definition) is 3. The number of carbonyl (C=O) groups is 1. The number of ketones is 1. The Kier molecular flexibility index (Phi) is 25.1. The van der Waals surface area contributed by atoms with Gasteiger partial charge in [-0.3, -0.25) is 4.79 Å². The zero-order chi connectivity index (χ0) is 32.3. The number of unbranched alkanes of at least 4 members (excludes halogenated alkanes) is 1. The van der Waals surface area contributed by atoms with Crippen molar-refractivity contribution < 1.29 is 74.1 Å². The normalized spacial score (nSPS) is 26.0. The fourth-order valence-electron chi connectivity index (χ4n) is 6.34. The Bertz CT molecular complexity index is 914. The minimum atomic E-state index is -4.40. The first kappa shape index (κ1) is 44.9. The summed E-state index contributed by atoms with van der Waals surface area (Å²) in [6.45, 7) is 18.5. The number of hydrogen-bond donors (Lipinski definition) is 0. The Hall–Kier alpha value is -0.234. The number of Topliss-reactive ketones (excluding diaryl/α,β-unsaturated/α-hetero) is 1. The summed E-state index contributed by atoms with van der Waals surface area (Å²) in [5.74, 6) is 3.39. The van der Waals surface area contributed by atoms with Gasteiger partial charge in [-0.2, -0.15) is 43.7 Å². The topological polar surface area (TPSA) is 50.1 Å². The zero-order valence-electron chi connectivity index (χ0n) is 28.6. The summed E-state index contributed by atoms with van der Waals surface area (Å²) in [7, 11) is 1.83. The third-order valence-corrected chi connectivity index (χ3v) is 8.50. The van der Waals surface area contributed by atoms with Gasteiger partial charge in [-0.25, -0.2) is 11.7 Å². The number of rotatable bonds is 5. The second kappa shape index (κ2) is 24.0. The summed E-state index contributed by atoms with van der Waals surface area (Å²) in [6, 6.07) is 6.65. The largest absolute Gasteiger partial charge is 1.00 e. The molecule has 6 atom stereocenters. The fraction of sp³-hybridized carbons (Fsp3) is 0.722. The molecule has 3 nitrogen and oxygen atoms in total. The van der Waals surface area contributed by atoms with E-state index in [0.717, 1.165) is 36.3 Å². The molecule has 0 N–H and O–H groups in total. The van der Waals surface area contributed by atoms with Gasteiger partial charge in [-0.15, -0.1) is 6.07 Å². The average molecular weight is 632 g/mol. The van der Waals surface area contributed by atoms with Crippen LogP contribution in [0.5, 0.6) is 0 Å². The molecule has 1 aromatic rings. The molecule has 4 rings (SSSR count). The molecule has 3 fully saturated rings. The first-order valence-electron chi connectivity index (χ1n) is 16.0.